The van der Waals surface area contributed by atoms with Crippen LogP contribution in [0.25, 0.3) is 28.0 Å². The Bertz CT molecular complexity index is 1630. The van der Waals surface area contributed by atoms with Crippen molar-refractivity contribution in [1.29, 1.82) is 0 Å². The minimum Gasteiger partial charge on any atom is -0.382 e. The highest BCUT2D eigenvalue weighted by molar-refractivity contribution is 5.99. The minimum absolute atomic E-state index is 0.0934. The number of pyridine rings is 1. The van der Waals surface area contributed by atoms with Gasteiger partial charge in [0.15, 0.2) is 5.82 Å². The van der Waals surface area contributed by atoms with Crippen molar-refractivity contribution in [3.63, 3.8) is 0 Å². The zero-order chi connectivity index (χ0) is 29.9. The first-order valence-electron chi connectivity index (χ1n) is 13.1. The average Bonchev–Trinajstić information content (AvgIpc) is 3.54. The van der Waals surface area contributed by atoms with Crippen molar-refractivity contribution in [2.45, 2.75) is 51.4 Å². The van der Waals surface area contributed by atoms with Crippen LogP contribution in [0, 0.1) is 5.92 Å². The lowest BCUT2D eigenvalue weighted by Gasteiger charge is -2.39. The van der Waals surface area contributed by atoms with E-state index in [0.29, 0.717) is 34.1 Å². The van der Waals surface area contributed by atoms with Crippen LogP contribution in [0.15, 0.2) is 55.3 Å². The second-order valence-electron chi connectivity index (χ2n) is 10.9. The van der Waals surface area contributed by atoms with E-state index in [0.717, 1.165) is 30.1 Å². The number of hydrogen-bond donors (Lipinski definition) is 1. The third-order valence-electron chi connectivity index (χ3n) is 7.90. The highest BCUT2D eigenvalue weighted by atomic mass is 19.4. The van der Waals surface area contributed by atoms with E-state index >= 15 is 0 Å². The van der Waals surface area contributed by atoms with Gasteiger partial charge in [0.25, 0.3) is 5.91 Å². The van der Waals surface area contributed by atoms with Gasteiger partial charge in [-0.25, -0.2) is 14.5 Å². The summed E-state index contributed by atoms with van der Waals surface area (Å²) in [5.41, 5.74) is 8.34. The Morgan fingerprint density at radius 3 is 2.46 bits per heavy atom. The van der Waals surface area contributed by atoms with E-state index in [-0.39, 0.29) is 17.4 Å². The van der Waals surface area contributed by atoms with Crippen molar-refractivity contribution in [3.05, 3.63) is 55.3 Å². The molecule has 0 spiro atoms. The topological polar surface area (TPSA) is 110 Å². The molecule has 4 aromatic heterocycles. The van der Waals surface area contributed by atoms with Crippen molar-refractivity contribution in [2.75, 3.05) is 24.7 Å². The number of carbonyl (C=O) groups is 1. The Morgan fingerprint density at radius 2 is 1.80 bits per heavy atom. The van der Waals surface area contributed by atoms with Crippen LogP contribution in [0.2, 0.25) is 0 Å². The molecule has 0 bridgehead atoms. The van der Waals surface area contributed by atoms with Crippen LogP contribution >= 0.6 is 0 Å². The lowest BCUT2D eigenvalue weighted by molar-refractivity contribution is -0.165. The molecule has 1 atom stereocenters. The molecule has 0 aliphatic heterocycles. The first kappa shape index (κ1) is 28.1. The predicted octanol–water partition coefficient (Wildman–Crippen LogP) is 4.96. The molecule has 13 heteroatoms. The van der Waals surface area contributed by atoms with Crippen molar-refractivity contribution >= 4 is 23.1 Å². The number of amides is 1. The highest BCUT2D eigenvalue weighted by Crippen LogP contribution is 2.40. The number of aromatic nitrogens is 6. The van der Waals surface area contributed by atoms with E-state index in [2.05, 4.69) is 26.7 Å². The molecule has 5 rings (SSSR count). The summed E-state index contributed by atoms with van der Waals surface area (Å²) in [6.45, 7) is 8.92. The van der Waals surface area contributed by atoms with Crippen LogP contribution in [-0.4, -0.2) is 66.0 Å². The second-order valence-corrected chi connectivity index (χ2v) is 10.9. The molecule has 1 saturated carbocycles. The third kappa shape index (κ3) is 4.89. The summed E-state index contributed by atoms with van der Waals surface area (Å²) in [7, 11) is 3.53. The van der Waals surface area contributed by atoms with E-state index in [4.69, 9.17) is 5.73 Å². The fourth-order valence-corrected chi connectivity index (χ4v) is 4.91. The molecule has 0 saturated heterocycles. The Morgan fingerprint density at radius 1 is 1.10 bits per heavy atom. The van der Waals surface area contributed by atoms with Gasteiger partial charge in [0.2, 0.25) is 0 Å². The molecule has 41 heavy (non-hydrogen) atoms. The number of anilines is 2. The van der Waals surface area contributed by atoms with Gasteiger partial charge in [-0.05, 0) is 63.8 Å². The van der Waals surface area contributed by atoms with Crippen LogP contribution in [0.1, 0.15) is 39.7 Å². The molecule has 216 valence electrons. The van der Waals surface area contributed by atoms with E-state index in [1.165, 1.54) is 28.0 Å². The van der Waals surface area contributed by atoms with Gasteiger partial charge in [-0.1, -0.05) is 6.58 Å². The number of nitrogens with two attached hydrogens (primary N) is 1. The van der Waals surface area contributed by atoms with Crippen LogP contribution in [0.5, 0.6) is 0 Å². The fourth-order valence-electron chi connectivity index (χ4n) is 4.91. The van der Waals surface area contributed by atoms with E-state index in [1.807, 2.05) is 25.8 Å². The van der Waals surface area contributed by atoms with Gasteiger partial charge in [-0.15, -0.1) is 0 Å². The van der Waals surface area contributed by atoms with Crippen LogP contribution in [0.3, 0.4) is 0 Å². The molecular formula is C28H32F3N9O. The zero-order valence-corrected chi connectivity index (χ0v) is 23.5. The Labute approximate surface area is 235 Å². The number of nitrogens with zero attached hydrogens (tertiary/aromatic N) is 8. The quantitative estimate of drug-likeness (QED) is 0.321. The summed E-state index contributed by atoms with van der Waals surface area (Å²) < 4.78 is 43.3. The normalized spacial score (nSPS) is 14.7. The number of halogens is 3. The van der Waals surface area contributed by atoms with E-state index in [9.17, 15) is 18.0 Å². The first-order valence-corrected chi connectivity index (χ1v) is 13.1. The molecule has 4 heterocycles. The standard InChI is InChI=1S/C28H32F3N9O/c1-16(18-7-8-18)38(6)27(3,4)26(41)37(5)23-13-19(9-11-33-23)22-14-20(24-25(32)34-15-36-40(22)24)21-10-12-35-39(21)17(2)28(29,30)31/h9-15,17-18H,1,7-8H2,2-6H3,(H2,32,34,36)/t17-/m1/s1. The lowest BCUT2D eigenvalue weighted by atomic mass is 9.99. The zero-order valence-electron chi connectivity index (χ0n) is 23.5. The molecule has 0 aromatic carbocycles. The molecule has 1 amide bonds. The van der Waals surface area contributed by atoms with Crippen molar-refractivity contribution in [1.82, 2.24) is 34.3 Å². The number of alkyl halides is 3. The molecule has 1 aliphatic rings. The Hall–Kier alpha value is -4.42. The summed E-state index contributed by atoms with van der Waals surface area (Å²) in [5, 5.41) is 8.28. The second kappa shape index (κ2) is 9.89. The summed E-state index contributed by atoms with van der Waals surface area (Å²) in [4.78, 5) is 25.6. The Kier molecular flexibility index (Phi) is 6.79. The smallest absolute Gasteiger partial charge is 0.382 e. The monoisotopic (exact) mass is 567 g/mol. The molecule has 0 radical (unpaired) electrons. The van der Waals surface area contributed by atoms with Gasteiger partial charge < -0.3 is 10.6 Å². The largest absolute Gasteiger partial charge is 0.410 e. The molecule has 10 nitrogen and oxygen atoms in total. The molecule has 0 unspecified atom stereocenters. The van der Waals surface area contributed by atoms with Gasteiger partial charge in [0, 0.05) is 43.3 Å². The van der Waals surface area contributed by atoms with Crippen LogP contribution in [0.4, 0.5) is 24.8 Å². The van der Waals surface area contributed by atoms with Gasteiger partial charge >= 0.3 is 6.18 Å². The molecule has 2 N–H and O–H groups in total. The first-order chi connectivity index (χ1) is 19.2. The Balaban J connectivity index is 1.55. The number of nitrogen functional groups attached to an aromatic ring is 1. The minimum atomic E-state index is -4.51. The lowest BCUT2D eigenvalue weighted by Crippen LogP contribution is -2.53. The summed E-state index contributed by atoms with van der Waals surface area (Å²) in [5.74, 6) is 0.709. The van der Waals surface area contributed by atoms with Gasteiger partial charge in [-0.2, -0.15) is 23.4 Å². The third-order valence-corrected chi connectivity index (χ3v) is 7.90. The average molecular weight is 568 g/mol. The summed E-state index contributed by atoms with van der Waals surface area (Å²) >= 11 is 0. The molecule has 1 aliphatic carbocycles. The molecule has 4 aromatic rings. The van der Waals surface area contributed by atoms with Crippen LogP contribution in [-0.2, 0) is 4.79 Å². The van der Waals surface area contributed by atoms with Gasteiger partial charge in [0.1, 0.15) is 29.2 Å². The van der Waals surface area contributed by atoms with Crippen molar-refractivity contribution in [2.24, 2.45) is 5.92 Å². The SMILES string of the molecule is C=C(C1CC1)N(C)C(C)(C)C(=O)N(C)c1cc(-c2cc(-c3ccnn3[C@H](C)C(F)(F)F)c3c(N)ncnn23)ccn1. The van der Waals surface area contributed by atoms with Crippen molar-refractivity contribution in [3.8, 4) is 22.5 Å². The number of rotatable bonds is 8. The number of fused-ring (bicyclic) bond motifs is 1. The number of carbonyl (C=O) groups excluding carboxylic acids is 1. The summed E-state index contributed by atoms with van der Waals surface area (Å²) in [6, 6.07) is 4.76. The fraction of sp³-hybridized carbons (Fsp3) is 0.393. The highest BCUT2D eigenvalue weighted by Gasteiger charge is 2.41. The maximum Gasteiger partial charge on any atom is 0.410 e. The molecular weight excluding hydrogens is 535 g/mol. The van der Waals surface area contributed by atoms with E-state index in [1.54, 1.807) is 31.4 Å². The van der Waals surface area contributed by atoms with Gasteiger partial charge in [-0.3, -0.25) is 14.4 Å². The van der Waals surface area contributed by atoms with E-state index < -0.39 is 17.8 Å². The number of hydrogen-bond acceptors (Lipinski definition) is 7. The summed E-state index contributed by atoms with van der Waals surface area (Å²) in [6.07, 6.45) is 1.78. The number of likely N-dealkylation sites (N-methyl/N-ethyl adjacent to an activating group) is 2. The van der Waals surface area contributed by atoms with Gasteiger partial charge in [0.05, 0.1) is 11.4 Å². The maximum absolute atomic E-state index is 13.7. The predicted molar refractivity (Wildman–Crippen MR) is 150 cm³/mol. The number of allylic oxidation sites excluding steroid dienone is 1. The van der Waals surface area contributed by atoms with Crippen molar-refractivity contribution < 1.29 is 18.0 Å². The van der Waals surface area contributed by atoms with Crippen LogP contribution < -0.4 is 10.6 Å². The molecule has 1 fully saturated rings. The maximum atomic E-state index is 13.7.